The third-order valence-electron chi connectivity index (χ3n) is 2.89. The van der Waals surface area contributed by atoms with Gasteiger partial charge in [0.25, 0.3) is 5.91 Å². The number of hydrogen-bond acceptors (Lipinski definition) is 3. The van der Waals surface area contributed by atoms with Crippen LogP contribution in [-0.2, 0) is 0 Å². The van der Waals surface area contributed by atoms with Crippen molar-refractivity contribution in [2.75, 3.05) is 19.7 Å². The molecule has 0 bridgehead atoms. The van der Waals surface area contributed by atoms with Crippen LogP contribution in [0.1, 0.15) is 17.3 Å². The van der Waals surface area contributed by atoms with Gasteiger partial charge in [0.2, 0.25) is 0 Å². The van der Waals surface area contributed by atoms with E-state index in [9.17, 15) is 4.79 Å². The summed E-state index contributed by atoms with van der Waals surface area (Å²) in [6.07, 6.45) is 3.26. The fourth-order valence-corrected chi connectivity index (χ4v) is 1.86. The Morgan fingerprint density at radius 2 is 2.11 bits per heavy atom. The predicted octanol–water partition coefficient (Wildman–Crippen LogP) is 1.33. The van der Waals surface area contributed by atoms with Crippen LogP contribution in [0, 0.1) is 0 Å². The van der Waals surface area contributed by atoms with Crippen molar-refractivity contribution in [2.24, 2.45) is 0 Å². The molecule has 0 unspecified atom stereocenters. The van der Waals surface area contributed by atoms with Gasteiger partial charge in [-0.2, -0.15) is 5.10 Å². The van der Waals surface area contributed by atoms with Crippen molar-refractivity contribution < 1.29 is 9.90 Å². The summed E-state index contributed by atoms with van der Waals surface area (Å²) in [4.78, 5) is 13.8. The van der Waals surface area contributed by atoms with Crippen LogP contribution in [0.5, 0.6) is 0 Å². The van der Waals surface area contributed by atoms with Gasteiger partial charge >= 0.3 is 0 Å². The molecule has 0 aliphatic rings. The average molecular weight is 259 g/mol. The zero-order chi connectivity index (χ0) is 13.7. The van der Waals surface area contributed by atoms with E-state index in [1.807, 2.05) is 37.3 Å². The first-order valence-corrected chi connectivity index (χ1v) is 6.26. The van der Waals surface area contributed by atoms with E-state index in [4.69, 9.17) is 5.11 Å². The van der Waals surface area contributed by atoms with E-state index >= 15 is 0 Å². The van der Waals surface area contributed by atoms with Crippen molar-refractivity contribution in [3.63, 3.8) is 0 Å². The number of aliphatic hydroxyl groups excluding tert-OH is 1. The summed E-state index contributed by atoms with van der Waals surface area (Å²) >= 11 is 0. The van der Waals surface area contributed by atoms with Crippen LogP contribution in [0.4, 0.5) is 0 Å². The van der Waals surface area contributed by atoms with E-state index in [-0.39, 0.29) is 12.5 Å². The monoisotopic (exact) mass is 259 g/mol. The molecule has 1 aromatic heterocycles. The van der Waals surface area contributed by atoms with Gasteiger partial charge in [-0.15, -0.1) is 0 Å². The number of nitrogens with zero attached hydrogens (tertiary/aromatic N) is 3. The van der Waals surface area contributed by atoms with E-state index in [1.165, 1.54) is 0 Å². The molecule has 100 valence electrons. The molecular formula is C14H17N3O2. The summed E-state index contributed by atoms with van der Waals surface area (Å²) in [6.45, 7) is 2.75. The number of carbonyl (C=O) groups is 1. The van der Waals surface area contributed by atoms with E-state index < -0.39 is 0 Å². The van der Waals surface area contributed by atoms with Gasteiger partial charge in [-0.25, -0.2) is 4.68 Å². The molecule has 1 amide bonds. The number of aliphatic hydroxyl groups is 1. The van der Waals surface area contributed by atoms with E-state index in [0.717, 1.165) is 5.69 Å². The van der Waals surface area contributed by atoms with Gasteiger partial charge in [0.1, 0.15) is 0 Å². The number of likely N-dealkylation sites (N-methyl/N-ethyl adjacent to an activating group) is 1. The minimum Gasteiger partial charge on any atom is -0.395 e. The lowest BCUT2D eigenvalue weighted by molar-refractivity contribution is 0.0732. The number of hydrogen-bond donors (Lipinski definition) is 1. The maximum atomic E-state index is 12.2. The van der Waals surface area contributed by atoms with Crippen molar-refractivity contribution in [2.45, 2.75) is 6.92 Å². The lowest BCUT2D eigenvalue weighted by atomic mass is 10.3. The molecule has 0 fully saturated rings. The Labute approximate surface area is 112 Å². The number of rotatable bonds is 5. The fraction of sp³-hybridized carbons (Fsp3) is 0.286. The first-order chi connectivity index (χ1) is 9.26. The number of aromatic nitrogens is 2. The van der Waals surface area contributed by atoms with Gasteiger partial charge in [-0.1, -0.05) is 18.2 Å². The highest BCUT2D eigenvalue weighted by molar-refractivity contribution is 5.93. The molecule has 1 heterocycles. The minimum absolute atomic E-state index is 0.0353. The summed E-state index contributed by atoms with van der Waals surface area (Å²) in [5.74, 6) is -0.112. The molecule has 2 rings (SSSR count). The van der Waals surface area contributed by atoms with Crippen molar-refractivity contribution in [3.05, 3.63) is 48.3 Å². The van der Waals surface area contributed by atoms with E-state index in [0.29, 0.717) is 18.7 Å². The Balaban J connectivity index is 2.19. The third kappa shape index (κ3) is 3.00. The van der Waals surface area contributed by atoms with E-state index in [1.54, 1.807) is 22.0 Å². The minimum atomic E-state index is -0.112. The standard InChI is InChI=1S/C14H17N3O2/c1-2-16(8-9-18)14(19)12-10-15-17(11-12)13-6-4-3-5-7-13/h3-7,10-11,18H,2,8-9H2,1H3. The highest BCUT2D eigenvalue weighted by Gasteiger charge is 2.15. The molecule has 1 aromatic carbocycles. The number of amides is 1. The molecule has 0 aliphatic carbocycles. The lowest BCUT2D eigenvalue weighted by Gasteiger charge is -2.18. The van der Waals surface area contributed by atoms with Gasteiger partial charge in [0.05, 0.1) is 24.1 Å². The van der Waals surface area contributed by atoms with Crippen LogP contribution in [0.2, 0.25) is 0 Å². The molecule has 5 nitrogen and oxygen atoms in total. The first kappa shape index (κ1) is 13.3. The largest absolute Gasteiger partial charge is 0.395 e. The zero-order valence-electron chi connectivity index (χ0n) is 10.9. The summed E-state index contributed by atoms with van der Waals surface area (Å²) in [7, 11) is 0. The predicted molar refractivity (Wildman–Crippen MR) is 72.2 cm³/mol. The Hall–Kier alpha value is -2.14. The Morgan fingerprint density at radius 1 is 1.37 bits per heavy atom. The Bertz CT molecular complexity index is 537. The molecule has 1 N–H and O–H groups in total. The number of carbonyl (C=O) groups excluding carboxylic acids is 1. The molecule has 19 heavy (non-hydrogen) atoms. The Morgan fingerprint density at radius 3 is 2.74 bits per heavy atom. The molecule has 0 radical (unpaired) electrons. The second-order valence-corrected chi connectivity index (χ2v) is 4.12. The SMILES string of the molecule is CCN(CCO)C(=O)c1cnn(-c2ccccc2)c1. The van der Waals surface area contributed by atoms with Crippen LogP contribution in [-0.4, -0.2) is 45.4 Å². The third-order valence-corrected chi connectivity index (χ3v) is 2.89. The molecule has 0 aliphatic heterocycles. The average Bonchev–Trinajstić information content (AvgIpc) is 2.95. The molecule has 0 saturated carbocycles. The van der Waals surface area contributed by atoms with Gasteiger partial charge in [-0.3, -0.25) is 4.79 Å². The van der Waals surface area contributed by atoms with Crippen LogP contribution < -0.4 is 0 Å². The smallest absolute Gasteiger partial charge is 0.257 e. The molecule has 5 heteroatoms. The summed E-state index contributed by atoms with van der Waals surface area (Å²) in [6, 6.07) is 9.61. The highest BCUT2D eigenvalue weighted by Crippen LogP contribution is 2.09. The molecule has 0 spiro atoms. The quantitative estimate of drug-likeness (QED) is 0.881. The van der Waals surface area contributed by atoms with Crippen LogP contribution >= 0.6 is 0 Å². The van der Waals surface area contributed by atoms with Gasteiger partial charge in [0.15, 0.2) is 0 Å². The maximum absolute atomic E-state index is 12.2. The van der Waals surface area contributed by atoms with Gasteiger partial charge in [-0.05, 0) is 19.1 Å². The summed E-state index contributed by atoms with van der Waals surface area (Å²) < 4.78 is 1.67. The second kappa shape index (κ2) is 6.15. The van der Waals surface area contributed by atoms with Crippen molar-refractivity contribution in [1.29, 1.82) is 0 Å². The molecule has 2 aromatic rings. The molecular weight excluding hydrogens is 242 g/mol. The second-order valence-electron chi connectivity index (χ2n) is 4.12. The van der Waals surface area contributed by atoms with Crippen molar-refractivity contribution in [3.8, 4) is 5.69 Å². The van der Waals surface area contributed by atoms with Crippen LogP contribution in [0.3, 0.4) is 0 Å². The number of para-hydroxylation sites is 1. The Kier molecular flexibility index (Phi) is 4.30. The molecule has 0 saturated heterocycles. The zero-order valence-corrected chi connectivity index (χ0v) is 10.9. The lowest BCUT2D eigenvalue weighted by Crippen LogP contribution is -2.33. The van der Waals surface area contributed by atoms with Crippen molar-refractivity contribution in [1.82, 2.24) is 14.7 Å². The van der Waals surface area contributed by atoms with Gasteiger partial charge in [0, 0.05) is 19.3 Å². The number of benzene rings is 1. The van der Waals surface area contributed by atoms with Crippen LogP contribution in [0.25, 0.3) is 5.69 Å². The summed E-state index contributed by atoms with van der Waals surface area (Å²) in [5, 5.41) is 13.1. The highest BCUT2D eigenvalue weighted by atomic mass is 16.3. The molecule has 0 atom stereocenters. The topological polar surface area (TPSA) is 58.4 Å². The summed E-state index contributed by atoms with van der Waals surface area (Å²) in [5.41, 5.74) is 1.44. The van der Waals surface area contributed by atoms with Gasteiger partial charge < -0.3 is 10.0 Å². The van der Waals surface area contributed by atoms with E-state index in [2.05, 4.69) is 5.10 Å². The van der Waals surface area contributed by atoms with Crippen molar-refractivity contribution >= 4 is 5.91 Å². The normalized spacial score (nSPS) is 10.4. The fourth-order valence-electron chi connectivity index (χ4n) is 1.86. The van der Waals surface area contributed by atoms with Crippen LogP contribution in [0.15, 0.2) is 42.7 Å². The maximum Gasteiger partial charge on any atom is 0.257 e. The first-order valence-electron chi connectivity index (χ1n) is 6.26.